The number of ether oxygens (including phenoxy) is 6. The number of anilines is 1. The van der Waals surface area contributed by atoms with Crippen molar-refractivity contribution in [3.05, 3.63) is 30.5 Å². The highest BCUT2D eigenvalue weighted by Gasteiger charge is 2.59. The van der Waals surface area contributed by atoms with E-state index in [1.165, 1.54) is 0 Å². The Balaban J connectivity index is 1.30. The number of rotatable bonds is 14. The van der Waals surface area contributed by atoms with Crippen LogP contribution in [0.1, 0.15) is 87.0 Å². The number of aliphatic hydroxyl groups is 1. The molecule has 4 fully saturated rings. The maximum Gasteiger partial charge on any atom is 0.410 e. The van der Waals surface area contributed by atoms with Crippen LogP contribution in [0.4, 0.5) is 10.5 Å². The molecule has 5 heterocycles. The van der Waals surface area contributed by atoms with Gasteiger partial charge in [0, 0.05) is 62.5 Å². The van der Waals surface area contributed by atoms with Gasteiger partial charge in [-0.1, -0.05) is 38.1 Å². The molecule has 0 aliphatic carbocycles. The van der Waals surface area contributed by atoms with Gasteiger partial charge in [0.25, 0.3) is 0 Å². The number of benzene rings is 1. The molecule has 4 saturated heterocycles. The quantitative estimate of drug-likeness (QED) is 0.106. The lowest BCUT2D eigenvalue weighted by atomic mass is 9.78. The van der Waals surface area contributed by atoms with Crippen LogP contribution in [0.5, 0.6) is 0 Å². The SMILES string of the molecule is CC[C@H]1OC(=O)[C@H](C)C(=O)[C@H](C)[C@@H](O[C@@H]2O[C@H](C)CC(N(C)C)[C@H]2O)[C@](C)(OC)C[C@@H](C)CNC(CCN2CCOCC2)[C@H]2N(CCCCn3cc(-c4cccc(N)c4)nn3)C(=O)O[C@]12C. The average molecular weight is 927 g/mol. The third kappa shape index (κ3) is 11.9. The maximum atomic E-state index is 14.6. The van der Waals surface area contributed by atoms with Crippen LogP contribution in [0, 0.1) is 17.8 Å². The molecule has 0 saturated carbocycles. The Hall–Kier alpha value is -3.75. The molecular formula is C48H78N8O10. The zero-order valence-corrected chi connectivity index (χ0v) is 41.0. The van der Waals surface area contributed by atoms with Gasteiger partial charge in [0.1, 0.15) is 23.8 Å². The fourth-order valence-corrected chi connectivity index (χ4v) is 10.7. The number of Topliss-reactive ketones (excluding diaryl/α,β-unsaturated/α-hetero) is 1. The molecule has 4 aliphatic rings. The van der Waals surface area contributed by atoms with Crippen LogP contribution in [0.15, 0.2) is 30.5 Å². The summed E-state index contributed by atoms with van der Waals surface area (Å²) in [5.74, 6) is -3.22. The summed E-state index contributed by atoms with van der Waals surface area (Å²) < 4.78 is 39.6. The summed E-state index contributed by atoms with van der Waals surface area (Å²) in [4.78, 5) is 49.4. The monoisotopic (exact) mass is 927 g/mol. The standard InChI is InChI=1S/C48H78N8O10/c1-11-39-48(7)42(56(46(60)66-48)19-13-12-18-55-29-37(51-52-55)34-15-14-16-35(49)26-34)36(17-20-54-21-23-62-24-22-54)50-28-30(2)27-47(6,61-10)43(32(4)40(57)33(5)44(59)64-39)65-45-41(58)38(53(8)9)25-31(3)63-45/h14-16,26,29-33,36,38-39,41-43,45,50,58H,11-13,17-25,27-28,49H2,1-10H3/t30-,31-,32+,33-,36?,38?,39-,41-,42-,43-,45+,47-,48-/m1/s1. The number of unbranched alkanes of at least 4 members (excludes halogenated alkanes) is 1. The molecule has 0 bridgehead atoms. The summed E-state index contributed by atoms with van der Waals surface area (Å²) in [5.41, 5.74) is 5.92. The highest BCUT2D eigenvalue weighted by Crippen LogP contribution is 2.41. The summed E-state index contributed by atoms with van der Waals surface area (Å²) >= 11 is 0. The minimum atomic E-state index is -1.28. The van der Waals surface area contributed by atoms with Crippen LogP contribution in [0.2, 0.25) is 0 Å². The number of hydrogen-bond donors (Lipinski definition) is 3. The van der Waals surface area contributed by atoms with Crippen molar-refractivity contribution >= 4 is 23.5 Å². The second-order valence-electron chi connectivity index (χ2n) is 19.8. The summed E-state index contributed by atoms with van der Waals surface area (Å²) in [6.07, 6.45) is 0.748. The van der Waals surface area contributed by atoms with E-state index in [2.05, 4.69) is 27.5 Å². The smallest absolute Gasteiger partial charge is 0.410 e. The zero-order chi connectivity index (χ0) is 47.9. The van der Waals surface area contributed by atoms with E-state index >= 15 is 0 Å². The van der Waals surface area contributed by atoms with Crippen molar-refractivity contribution in [1.29, 1.82) is 0 Å². The molecule has 4 aliphatic heterocycles. The number of aryl methyl sites for hydroxylation is 1. The molecule has 18 heteroatoms. The van der Waals surface area contributed by atoms with Crippen molar-refractivity contribution in [2.75, 3.05) is 72.9 Å². The van der Waals surface area contributed by atoms with Crippen molar-refractivity contribution in [2.45, 2.75) is 154 Å². The number of nitrogens with two attached hydrogens (primary N) is 1. The number of likely N-dealkylation sites (N-methyl/N-ethyl adjacent to an activating group) is 1. The minimum absolute atomic E-state index is 0.0417. The lowest BCUT2D eigenvalue weighted by Crippen LogP contribution is -2.62. The van der Waals surface area contributed by atoms with Gasteiger partial charge in [-0.25, -0.2) is 4.79 Å². The van der Waals surface area contributed by atoms with Crippen molar-refractivity contribution in [3.8, 4) is 11.3 Å². The van der Waals surface area contributed by atoms with Crippen molar-refractivity contribution in [1.82, 2.24) is 35.0 Å². The largest absolute Gasteiger partial charge is 0.458 e. The molecule has 0 spiro atoms. The average Bonchev–Trinajstić information content (AvgIpc) is 3.87. The molecule has 66 heavy (non-hydrogen) atoms. The highest BCUT2D eigenvalue weighted by molar-refractivity contribution is 6.00. The number of aliphatic hydroxyl groups excluding tert-OH is 1. The van der Waals surface area contributed by atoms with Gasteiger partial charge in [-0.2, -0.15) is 0 Å². The normalized spacial score (nSPS) is 35.5. The van der Waals surface area contributed by atoms with E-state index in [9.17, 15) is 19.5 Å². The zero-order valence-electron chi connectivity index (χ0n) is 41.0. The first kappa shape index (κ1) is 51.6. The molecule has 6 rings (SSSR count). The van der Waals surface area contributed by atoms with E-state index < -0.39 is 71.5 Å². The van der Waals surface area contributed by atoms with Crippen LogP contribution >= 0.6 is 0 Å². The summed E-state index contributed by atoms with van der Waals surface area (Å²) in [6, 6.07) is 6.44. The topological polar surface area (TPSA) is 205 Å². The van der Waals surface area contributed by atoms with Crippen LogP contribution in [-0.4, -0.2) is 180 Å². The lowest BCUT2D eigenvalue weighted by molar-refractivity contribution is -0.295. The van der Waals surface area contributed by atoms with Gasteiger partial charge in [0.15, 0.2) is 17.7 Å². The van der Waals surface area contributed by atoms with E-state index in [4.69, 9.17) is 34.2 Å². The number of ketones is 1. The number of methoxy groups -OCH3 is 1. The Labute approximate surface area is 391 Å². The second kappa shape index (κ2) is 22.6. The number of carbonyl (C=O) groups is 3. The van der Waals surface area contributed by atoms with Crippen LogP contribution in [0.3, 0.4) is 0 Å². The van der Waals surface area contributed by atoms with Gasteiger partial charge in [-0.3, -0.25) is 24.1 Å². The maximum absolute atomic E-state index is 14.6. The Morgan fingerprint density at radius 3 is 2.45 bits per heavy atom. The predicted molar refractivity (Wildman–Crippen MR) is 248 cm³/mol. The van der Waals surface area contributed by atoms with Gasteiger partial charge >= 0.3 is 12.1 Å². The number of fused-ring (bicyclic) bond motifs is 1. The first-order valence-corrected chi connectivity index (χ1v) is 24.1. The Morgan fingerprint density at radius 2 is 1.77 bits per heavy atom. The van der Waals surface area contributed by atoms with E-state index in [0.29, 0.717) is 77.1 Å². The van der Waals surface area contributed by atoms with Crippen molar-refractivity contribution < 1.29 is 47.9 Å². The van der Waals surface area contributed by atoms with Crippen LogP contribution in [0.25, 0.3) is 11.3 Å². The Bertz CT molecular complexity index is 1920. The molecule has 13 atom stereocenters. The van der Waals surface area contributed by atoms with E-state index in [-0.39, 0.29) is 24.1 Å². The predicted octanol–water partition coefficient (Wildman–Crippen LogP) is 3.99. The molecule has 2 unspecified atom stereocenters. The number of nitrogens with one attached hydrogen (secondary N) is 1. The van der Waals surface area contributed by atoms with Crippen LogP contribution < -0.4 is 11.1 Å². The molecule has 18 nitrogen and oxygen atoms in total. The summed E-state index contributed by atoms with van der Waals surface area (Å²) in [6.45, 7) is 18.2. The number of hydrogen-bond acceptors (Lipinski definition) is 16. The number of amides is 1. The van der Waals surface area contributed by atoms with Gasteiger partial charge in [-0.15, -0.1) is 5.10 Å². The van der Waals surface area contributed by atoms with Crippen molar-refractivity contribution in [2.24, 2.45) is 17.8 Å². The van der Waals surface area contributed by atoms with Gasteiger partial charge in [0.2, 0.25) is 0 Å². The fraction of sp³-hybridized carbons (Fsp3) is 0.771. The number of nitrogens with zero attached hydrogens (tertiary/aromatic N) is 6. The van der Waals surface area contributed by atoms with Gasteiger partial charge in [-0.05, 0) is 111 Å². The van der Waals surface area contributed by atoms with Gasteiger partial charge in [0.05, 0.1) is 43.3 Å². The van der Waals surface area contributed by atoms with E-state index in [1.807, 2.05) is 82.1 Å². The third-order valence-corrected chi connectivity index (χ3v) is 14.5. The minimum Gasteiger partial charge on any atom is -0.458 e. The highest BCUT2D eigenvalue weighted by atomic mass is 16.7. The summed E-state index contributed by atoms with van der Waals surface area (Å²) in [7, 11) is 5.42. The second-order valence-corrected chi connectivity index (χ2v) is 19.8. The molecule has 370 valence electrons. The fourth-order valence-electron chi connectivity index (χ4n) is 10.7. The molecule has 4 N–H and O–H groups in total. The van der Waals surface area contributed by atoms with E-state index in [1.54, 1.807) is 25.6 Å². The number of carbonyl (C=O) groups excluding carboxylic acids is 3. The van der Waals surface area contributed by atoms with Crippen LogP contribution in [-0.2, 0) is 44.6 Å². The number of morpholine rings is 1. The van der Waals surface area contributed by atoms with Crippen molar-refractivity contribution in [3.63, 3.8) is 0 Å². The first-order valence-electron chi connectivity index (χ1n) is 24.1. The molecular weight excluding hydrogens is 849 g/mol. The Kier molecular flexibility index (Phi) is 17.7. The summed E-state index contributed by atoms with van der Waals surface area (Å²) in [5, 5.41) is 24.2. The number of cyclic esters (lactones) is 1. The molecule has 0 radical (unpaired) electrons. The number of nitrogen functional groups attached to an aromatic ring is 1. The molecule has 2 aromatic rings. The first-order chi connectivity index (χ1) is 31.4. The lowest BCUT2D eigenvalue weighted by Gasteiger charge is -2.46. The molecule has 1 amide bonds. The molecule has 1 aromatic heterocycles. The Morgan fingerprint density at radius 1 is 1.05 bits per heavy atom. The van der Waals surface area contributed by atoms with E-state index in [0.717, 1.165) is 30.9 Å². The number of esters is 1. The molecule has 1 aromatic carbocycles. The third-order valence-electron chi connectivity index (χ3n) is 14.5. The van der Waals surface area contributed by atoms with Gasteiger partial charge < -0.3 is 49.5 Å². The number of aromatic nitrogens is 3.